The van der Waals surface area contributed by atoms with Crippen LogP contribution in [0.5, 0.6) is 0 Å². The third-order valence-corrected chi connectivity index (χ3v) is 7.39. The molecule has 0 radical (unpaired) electrons. The van der Waals surface area contributed by atoms with Crippen LogP contribution in [-0.4, -0.2) is 37.5 Å². The number of piperidine rings is 1. The predicted molar refractivity (Wildman–Crippen MR) is 105 cm³/mol. The van der Waals surface area contributed by atoms with E-state index in [1.807, 2.05) is 6.07 Å². The van der Waals surface area contributed by atoms with E-state index in [2.05, 4.69) is 0 Å². The quantitative estimate of drug-likeness (QED) is 0.762. The lowest BCUT2D eigenvalue weighted by Crippen LogP contribution is -2.45. The number of hydrogen-bond acceptors (Lipinski definition) is 3. The molecule has 0 aromatic heterocycles. The molecule has 0 spiro atoms. The summed E-state index contributed by atoms with van der Waals surface area (Å²) in [5, 5.41) is 9.97. The van der Waals surface area contributed by atoms with Gasteiger partial charge in [0.15, 0.2) is 0 Å². The molecular formula is C21H24F3NO3S. The molecule has 0 bridgehead atoms. The Balaban J connectivity index is 1.68. The van der Waals surface area contributed by atoms with Crippen molar-refractivity contribution in [2.24, 2.45) is 5.41 Å². The summed E-state index contributed by atoms with van der Waals surface area (Å²) in [6, 6.07) is 14.0. The Labute approximate surface area is 169 Å². The number of benzene rings is 2. The van der Waals surface area contributed by atoms with E-state index in [1.54, 1.807) is 30.3 Å². The Morgan fingerprint density at radius 2 is 1.59 bits per heavy atom. The van der Waals surface area contributed by atoms with Gasteiger partial charge in [-0.3, -0.25) is 0 Å². The van der Waals surface area contributed by atoms with Gasteiger partial charge in [0.05, 0.1) is 11.3 Å². The van der Waals surface area contributed by atoms with Gasteiger partial charge in [0.1, 0.15) is 0 Å². The van der Waals surface area contributed by atoms with Crippen molar-refractivity contribution in [2.75, 3.05) is 19.7 Å². The Morgan fingerprint density at radius 1 is 0.966 bits per heavy atom. The molecule has 0 unspecified atom stereocenters. The molecule has 0 amide bonds. The molecule has 8 heteroatoms. The van der Waals surface area contributed by atoms with E-state index in [9.17, 15) is 26.7 Å². The fourth-order valence-corrected chi connectivity index (χ4v) is 5.33. The monoisotopic (exact) mass is 427 g/mol. The minimum atomic E-state index is -4.42. The summed E-state index contributed by atoms with van der Waals surface area (Å²) in [5.41, 5.74) is -0.140. The fraction of sp³-hybridized carbons (Fsp3) is 0.429. The molecule has 1 aliphatic rings. The highest BCUT2D eigenvalue weighted by molar-refractivity contribution is 7.88. The van der Waals surface area contributed by atoms with E-state index in [-0.39, 0.29) is 31.9 Å². The maximum absolute atomic E-state index is 13.0. The molecule has 0 aliphatic carbocycles. The smallest absolute Gasteiger partial charge is 0.396 e. The van der Waals surface area contributed by atoms with Gasteiger partial charge in [-0.15, -0.1) is 0 Å². The summed E-state index contributed by atoms with van der Waals surface area (Å²) in [4.78, 5) is 0. The van der Waals surface area contributed by atoms with Gasteiger partial charge in [-0.25, -0.2) is 12.7 Å². The van der Waals surface area contributed by atoms with Crippen molar-refractivity contribution in [1.29, 1.82) is 0 Å². The van der Waals surface area contributed by atoms with Crippen molar-refractivity contribution in [3.8, 4) is 0 Å². The number of halogens is 3. The standard InChI is InChI=1S/C21H24F3NO3S/c22-21(23,24)19-8-4-7-18(13-19)14-20(16-26)9-11-25(12-10-20)29(27,28)15-17-5-2-1-3-6-17/h1-8,13,26H,9-12,14-16H2. The van der Waals surface area contributed by atoms with Crippen LogP contribution in [0, 0.1) is 5.41 Å². The number of aliphatic hydroxyl groups is 1. The van der Waals surface area contributed by atoms with E-state index < -0.39 is 27.2 Å². The maximum Gasteiger partial charge on any atom is 0.416 e. The van der Waals surface area contributed by atoms with Crippen molar-refractivity contribution in [2.45, 2.75) is 31.2 Å². The summed E-state index contributed by atoms with van der Waals surface area (Å²) in [7, 11) is -3.49. The summed E-state index contributed by atoms with van der Waals surface area (Å²) in [6.45, 7) is 0.291. The van der Waals surface area contributed by atoms with Crippen molar-refractivity contribution in [3.05, 3.63) is 71.3 Å². The number of hydrogen-bond donors (Lipinski definition) is 1. The molecule has 3 rings (SSSR count). The number of sulfonamides is 1. The molecule has 4 nitrogen and oxygen atoms in total. The zero-order chi connectivity index (χ0) is 21.1. The van der Waals surface area contributed by atoms with Gasteiger partial charge >= 0.3 is 6.18 Å². The molecule has 2 aromatic rings. The highest BCUT2D eigenvalue weighted by atomic mass is 32.2. The Hall–Kier alpha value is -1.90. The van der Waals surface area contributed by atoms with Crippen molar-refractivity contribution >= 4 is 10.0 Å². The van der Waals surface area contributed by atoms with Crippen LogP contribution in [0.4, 0.5) is 13.2 Å². The first-order valence-corrected chi connectivity index (χ1v) is 11.0. The van der Waals surface area contributed by atoms with E-state index >= 15 is 0 Å². The summed E-state index contributed by atoms with van der Waals surface area (Å²) in [6.07, 6.45) is -3.35. The van der Waals surface area contributed by atoms with Crippen LogP contribution < -0.4 is 0 Å². The first-order valence-electron chi connectivity index (χ1n) is 9.42. The normalized spacial score (nSPS) is 17.9. The van der Waals surface area contributed by atoms with Gasteiger partial charge in [-0.05, 0) is 41.9 Å². The average Bonchev–Trinajstić information content (AvgIpc) is 2.68. The van der Waals surface area contributed by atoms with Crippen molar-refractivity contribution in [1.82, 2.24) is 4.31 Å². The first kappa shape index (κ1) is 21.8. The number of rotatable bonds is 6. The minimum absolute atomic E-state index is 0.0897. The fourth-order valence-electron chi connectivity index (χ4n) is 3.80. The maximum atomic E-state index is 13.0. The van der Waals surface area contributed by atoms with Crippen LogP contribution in [0.2, 0.25) is 0 Å². The number of alkyl halides is 3. The third-order valence-electron chi connectivity index (χ3n) is 5.54. The van der Waals surface area contributed by atoms with E-state index in [0.717, 1.165) is 12.1 Å². The van der Waals surface area contributed by atoms with Gasteiger partial charge in [0.2, 0.25) is 10.0 Å². The van der Waals surface area contributed by atoms with Crippen LogP contribution in [0.25, 0.3) is 0 Å². The molecule has 1 fully saturated rings. The third kappa shape index (κ3) is 5.38. The van der Waals surface area contributed by atoms with E-state index in [0.29, 0.717) is 24.0 Å². The van der Waals surface area contributed by atoms with Gasteiger partial charge in [0.25, 0.3) is 0 Å². The average molecular weight is 427 g/mol. The molecule has 29 heavy (non-hydrogen) atoms. The van der Waals surface area contributed by atoms with E-state index in [4.69, 9.17) is 0 Å². The van der Waals surface area contributed by atoms with Crippen LogP contribution >= 0.6 is 0 Å². The van der Waals surface area contributed by atoms with Gasteiger partial charge in [-0.2, -0.15) is 13.2 Å². The predicted octanol–water partition coefficient (Wildman–Crippen LogP) is 3.85. The molecular weight excluding hydrogens is 403 g/mol. The molecule has 158 valence electrons. The largest absolute Gasteiger partial charge is 0.416 e. The lowest BCUT2D eigenvalue weighted by atomic mass is 9.75. The van der Waals surface area contributed by atoms with Gasteiger partial charge < -0.3 is 5.11 Å². The molecule has 1 saturated heterocycles. The number of aliphatic hydroxyl groups excluding tert-OH is 1. The highest BCUT2D eigenvalue weighted by Gasteiger charge is 2.38. The lowest BCUT2D eigenvalue weighted by molar-refractivity contribution is -0.137. The molecule has 0 saturated carbocycles. The molecule has 1 N–H and O–H groups in total. The SMILES string of the molecule is O=S(=O)(Cc1ccccc1)N1CCC(CO)(Cc2cccc(C(F)(F)F)c2)CC1. The van der Waals surface area contributed by atoms with Crippen LogP contribution in [-0.2, 0) is 28.4 Å². The second-order valence-corrected chi connectivity index (χ2v) is 9.64. The summed E-state index contributed by atoms with van der Waals surface area (Å²) in [5.74, 6) is -0.0897. The Kier molecular flexibility index (Phi) is 6.36. The summed E-state index contributed by atoms with van der Waals surface area (Å²) >= 11 is 0. The minimum Gasteiger partial charge on any atom is -0.396 e. The Morgan fingerprint density at radius 3 is 2.17 bits per heavy atom. The van der Waals surface area contributed by atoms with Crippen LogP contribution in [0.1, 0.15) is 29.5 Å². The van der Waals surface area contributed by atoms with E-state index in [1.165, 1.54) is 10.4 Å². The highest BCUT2D eigenvalue weighted by Crippen LogP contribution is 2.37. The van der Waals surface area contributed by atoms with Crippen LogP contribution in [0.3, 0.4) is 0 Å². The van der Waals surface area contributed by atoms with Crippen LogP contribution in [0.15, 0.2) is 54.6 Å². The van der Waals surface area contributed by atoms with Gasteiger partial charge in [0, 0.05) is 19.7 Å². The zero-order valence-corrected chi connectivity index (χ0v) is 16.7. The summed E-state index contributed by atoms with van der Waals surface area (Å²) < 4.78 is 65.7. The van der Waals surface area contributed by atoms with Crippen molar-refractivity contribution in [3.63, 3.8) is 0 Å². The number of nitrogens with zero attached hydrogens (tertiary/aromatic N) is 1. The molecule has 1 heterocycles. The van der Waals surface area contributed by atoms with Gasteiger partial charge in [-0.1, -0.05) is 48.5 Å². The zero-order valence-electron chi connectivity index (χ0n) is 15.9. The topological polar surface area (TPSA) is 57.6 Å². The lowest BCUT2D eigenvalue weighted by Gasteiger charge is -2.40. The molecule has 2 aromatic carbocycles. The molecule has 1 aliphatic heterocycles. The Bertz CT molecular complexity index is 922. The first-order chi connectivity index (χ1) is 13.6. The second-order valence-electron chi connectivity index (χ2n) is 7.67. The molecule has 0 atom stereocenters. The second kappa shape index (κ2) is 8.45. The van der Waals surface area contributed by atoms with Crippen molar-refractivity contribution < 1.29 is 26.7 Å².